The van der Waals surface area contributed by atoms with Crippen molar-refractivity contribution in [3.63, 3.8) is 0 Å². The molecule has 1 nitrogen and oxygen atoms in total. The number of halogens is 1. The van der Waals surface area contributed by atoms with Gasteiger partial charge in [-0.3, -0.25) is 0 Å². The molecule has 0 amide bonds. The second kappa shape index (κ2) is 5.91. The van der Waals surface area contributed by atoms with Crippen molar-refractivity contribution in [2.24, 2.45) is 0 Å². The van der Waals surface area contributed by atoms with Crippen molar-refractivity contribution >= 4 is 17.4 Å². The van der Waals surface area contributed by atoms with Gasteiger partial charge in [-0.1, -0.05) is 26.0 Å². The molecule has 0 saturated heterocycles. The van der Waals surface area contributed by atoms with Gasteiger partial charge in [0.1, 0.15) is 5.82 Å². The van der Waals surface area contributed by atoms with E-state index in [9.17, 15) is 4.39 Å². The molecule has 0 aliphatic carbocycles. The first kappa shape index (κ1) is 11.4. The predicted molar refractivity (Wildman–Crippen MR) is 62.5 cm³/mol. The summed E-state index contributed by atoms with van der Waals surface area (Å²) in [5.74, 6) is 0.827. The van der Waals surface area contributed by atoms with E-state index < -0.39 is 0 Å². The lowest BCUT2D eigenvalue weighted by Gasteiger charge is -2.08. The van der Waals surface area contributed by atoms with Crippen molar-refractivity contribution in [2.75, 3.05) is 17.6 Å². The Kier molecular flexibility index (Phi) is 4.80. The summed E-state index contributed by atoms with van der Waals surface area (Å²) in [5, 5.41) is 3.71. The smallest absolute Gasteiger partial charge is 0.146 e. The van der Waals surface area contributed by atoms with Crippen LogP contribution in [0.5, 0.6) is 0 Å². The highest BCUT2D eigenvalue weighted by Gasteiger charge is 1.99. The maximum absolute atomic E-state index is 13.1. The lowest BCUT2D eigenvalue weighted by atomic mass is 10.3. The van der Waals surface area contributed by atoms with Gasteiger partial charge in [0.05, 0.1) is 5.69 Å². The Balaban J connectivity index is 2.28. The second-order valence-corrected chi connectivity index (χ2v) is 5.01. The summed E-state index contributed by atoms with van der Waals surface area (Å²) in [4.78, 5) is 0. The Morgan fingerprint density at radius 3 is 2.71 bits per heavy atom. The normalized spacial score (nSPS) is 10.6. The Morgan fingerprint density at radius 1 is 1.36 bits per heavy atom. The summed E-state index contributed by atoms with van der Waals surface area (Å²) in [6.45, 7) is 5.13. The molecule has 78 valence electrons. The predicted octanol–water partition coefficient (Wildman–Crippen LogP) is 3.38. The van der Waals surface area contributed by atoms with Gasteiger partial charge in [0.2, 0.25) is 0 Å². The molecule has 0 spiro atoms. The van der Waals surface area contributed by atoms with Gasteiger partial charge in [0.15, 0.2) is 0 Å². The van der Waals surface area contributed by atoms with Crippen LogP contribution in [0.25, 0.3) is 0 Å². The molecule has 0 aliphatic rings. The molecule has 0 saturated carbocycles. The first-order chi connectivity index (χ1) is 6.70. The number of benzene rings is 1. The van der Waals surface area contributed by atoms with E-state index in [1.807, 2.05) is 17.8 Å². The number of thioether (sulfide) groups is 1. The van der Waals surface area contributed by atoms with Crippen LogP contribution in [0.2, 0.25) is 0 Å². The first-order valence-electron chi connectivity index (χ1n) is 4.80. The molecule has 1 aromatic carbocycles. The summed E-state index contributed by atoms with van der Waals surface area (Å²) in [6.07, 6.45) is 0. The van der Waals surface area contributed by atoms with Crippen LogP contribution in [0, 0.1) is 5.82 Å². The zero-order chi connectivity index (χ0) is 10.4. The maximum Gasteiger partial charge on any atom is 0.146 e. The van der Waals surface area contributed by atoms with Gasteiger partial charge in [0, 0.05) is 12.3 Å². The fourth-order valence-corrected chi connectivity index (χ4v) is 1.78. The largest absolute Gasteiger partial charge is 0.382 e. The molecule has 0 atom stereocenters. The van der Waals surface area contributed by atoms with Gasteiger partial charge in [-0.05, 0) is 17.4 Å². The van der Waals surface area contributed by atoms with Crippen molar-refractivity contribution < 1.29 is 4.39 Å². The summed E-state index contributed by atoms with van der Waals surface area (Å²) < 4.78 is 13.1. The Bertz CT molecular complexity index is 276. The highest BCUT2D eigenvalue weighted by Crippen LogP contribution is 2.13. The van der Waals surface area contributed by atoms with Gasteiger partial charge in [0.25, 0.3) is 0 Å². The van der Waals surface area contributed by atoms with E-state index in [0.717, 1.165) is 12.3 Å². The first-order valence-corrected chi connectivity index (χ1v) is 5.85. The van der Waals surface area contributed by atoms with E-state index in [0.29, 0.717) is 10.9 Å². The third kappa shape index (κ3) is 4.01. The molecule has 0 radical (unpaired) electrons. The lowest BCUT2D eigenvalue weighted by molar-refractivity contribution is 0.630. The minimum absolute atomic E-state index is 0.179. The number of anilines is 1. The summed E-state index contributed by atoms with van der Waals surface area (Å²) in [5.41, 5.74) is 0.594. The SMILES string of the molecule is CC(C)SCCNc1ccccc1F. The van der Waals surface area contributed by atoms with Gasteiger partial charge in [-0.15, -0.1) is 0 Å². The van der Waals surface area contributed by atoms with Crippen LogP contribution in [0.1, 0.15) is 13.8 Å². The third-order valence-electron chi connectivity index (χ3n) is 1.74. The van der Waals surface area contributed by atoms with Crippen molar-refractivity contribution in [2.45, 2.75) is 19.1 Å². The van der Waals surface area contributed by atoms with Crippen LogP contribution >= 0.6 is 11.8 Å². The molecule has 0 bridgehead atoms. The van der Waals surface area contributed by atoms with Gasteiger partial charge in [-0.2, -0.15) is 11.8 Å². The van der Waals surface area contributed by atoms with E-state index >= 15 is 0 Å². The number of rotatable bonds is 5. The van der Waals surface area contributed by atoms with Crippen molar-refractivity contribution in [3.8, 4) is 0 Å². The molecular formula is C11H16FNS. The van der Waals surface area contributed by atoms with Crippen molar-refractivity contribution in [1.82, 2.24) is 0 Å². The monoisotopic (exact) mass is 213 g/mol. The number of hydrogen-bond acceptors (Lipinski definition) is 2. The van der Waals surface area contributed by atoms with Crippen LogP contribution in [0.3, 0.4) is 0 Å². The highest BCUT2D eigenvalue weighted by atomic mass is 32.2. The topological polar surface area (TPSA) is 12.0 Å². The van der Waals surface area contributed by atoms with E-state index in [-0.39, 0.29) is 5.82 Å². The highest BCUT2D eigenvalue weighted by molar-refractivity contribution is 7.99. The Hall–Kier alpha value is -0.700. The van der Waals surface area contributed by atoms with Crippen LogP contribution in [0.4, 0.5) is 10.1 Å². The molecule has 0 aromatic heterocycles. The Labute approximate surface area is 89.1 Å². The van der Waals surface area contributed by atoms with E-state index in [2.05, 4.69) is 19.2 Å². The molecule has 3 heteroatoms. The van der Waals surface area contributed by atoms with Gasteiger partial charge in [-0.25, -0.2) is 4.39 Å². The van der Waals surface area contributed by atoms with Crippen LogP contribution < -0.4 is 5.32 Å². The minimum Gasteiger partial charge on any atom is -0.382 e. The lowest BCUT2D eigenvalue weighted by Crippen LogP contribution is -2.07. The molecule has 1 aromatic rings. The average molecular weight is 213 g/mol. The quantitative estimate of drug-likeness (QED) is 0.752. The van der Waals surface area contributed by atoms with E-state index in [1.165, 1.54) is 6.07 Å². The second-order valence-electron chi connectivity index (χ2n) is 3.33. The van der Waals surface area contributed by atoms with E-state index in [1.54, 1.807) is 12.1 Å². The summed E-state index contributed by atoms with van der Waals surface area (Å²) in [6, 6.07) is 6.76. The van der Waals surface area contributed by atoms with E-state index in [4.69, 9.17) is 0 Å². The zero-order valence-corrected chi connectivity index (χ0v) is 9.40. The third-order valence-corrected chi connectivity index (χ3v) is 2.85. The molecule has 0 fully saturated rings. The molecule has 0 aliphatic heterocycles. The maximum atomic E-state index is 13.1. The zero-order valence-electron chi connectivity index (χ0n) is 8.59. The molecular weight excluding hydrogens is 197 g/mol. The van der Waals surface area contributed by atoms with Crippen LogP contribution in [-0.4, -0.2) is 17.5 Å². The summed E-state index contributed by atoms with van der Waals surface area (Å²) in [7, 11) is 0. The van der Waals surface area contributed by atoms with Crippen LogP contribution in [0.15, 0.2) is 24.3 Å². The molecule has 1 N–H and O–H groups in total. The average Bonchev–Trinajstić information content (AvgIpc) is 2.15. The summed E-state index contributed by atoms with van der Waals surface area (Å²) >= 11 is 1.87. The van der Waals surface area contributed by atoms with Gasteiger partial charge < -0.3 is 5.32 Å². The fraction of sp³-hybridized carbons (Fsp3) is 0.455. The molecule has 1 rings (SSSR count). The Morgan fingerprint density at radius 2 is 2.07 bits per heavy atom. The number of para-hydroxylation sites is 1. The van der Waals surface area contributed by atoms with Crippen molar-refractivity contribution in [1.29, 1.82) is 0 Å². The van der Waals surface area contributed by atoms with Crippen LogP contribution in [-0.2, 0) is 0 Å². The fourth-order valence-electron chi connectivity index (χ4n) is 1.08. The minimum atomic E-state index is -0.179. The number of hydrogen-bond donors (Lipinski definition) is 1. The molecule has 0 unspecified atom stereocenters. The number of nitrogens with one attached hydrogen (secondary N) is 1. The van der Waals surface area contributed by atoms with Gasteiger partial charge >= 0.3 is 0 Å². The molecule has 0 heterocycles. The van der Waals surface area contributed by atoms with Crippen molar-refractivity contribution in [3.05, 3.63) is 30.1 Å². The molecule has 14 heavy (non-hydrogen) atoms. The standard InChI is InChI=1S/C11H16FNS/c1-9(2)14-8-7-13-11-6-4-3-5-10(11)12/h3-6,9,13H,7-8H2,1-2H3.